The van der Waals surface area contributed by atoms with E-state index in [1.165, 1.54) is 5.69 Å². The highest BCUT2D eigenvalue weighted by molar-refractivity contribution is 9.10. The Hall–Kier alpha value is -1.66. The van der Waals surface area contributed by atoms with Gasteiger partial charge in [0.05, 0.1) is 5.69 Å². The number of halogens is 1. The Labute approximate surface area is 152 Å². The quantitative estimate of drug-likeness (QED) is 0.673. The van der Waals surface area contributed by atoms with Crippen molar-refractivity contribution in [2.24, 2.45) is 0 Å². The molecule has 0 radical (unpaired) electrons. The number of nitrogens with one attached hydrogen (secondary N) is 2. The van der Waals surface area contributed by atoms with Crippen molar-refractivity contribution in [3.63, 3.8) is 0 Å². The Morgan fingerprint density at radius 1 is 1.29 bits per heavy atom. The Morgan fingerprint density at radius 2 is 2.00 bits per heavy atom. The summed E-state index contributed by atoms with van der Waals surface area (Å²) >= 11 is 3.38. The summed E-state index contributed by atoms with van der Waals surface area (Å²) in [5.41, 5.74) is 3.06. The summed E-state index contributed by atoms with van der Waals surface area (Å²) in [6.45, 7) is 7.87. The number of anilines is 1. The second-order valence-electron chi connectivity index (χ2n) is 6.12. The van der Waals surface area contributed by atoms with Gasteiger partial charge in [0.1, 0.15) is 0 Å². The van der Waals surface area contributed by atoms with Gasteiger partial charge in [0.15, 0.2) is 0 Å². The summed E-state index contributed by atoms with van der Waals surface area (Å²) in [5, 5.41) is 10.8. The highest BCUT2D eigenvalue weighted by Crippen LogP contribution is 2.14. The number of hydrogen-bond acceptors (Lipinski definition) is 3. The Balaban J connectivity index is 1.65. The number of carbonyl (C=O) groups is 1. The minimum absolute atomic E-state index is 0.0240. The molecule has 2 rings (SSSR count). The molecule has 1 heterocycles. The maximum Gasteiger partial charge on any atom is 0.225 e. The molecule has 1 unspecified atom stereocenters. The summed E-state index contributed by atoms with van der Waals surface area (Å²) in [5.74, 6) is 0.0240. The first-order valence-electron chi connectivity index (χ1n) is 8.24. The second-order valence-corrected chi connectivity index (χ2v) is 7.03. The van der Waals surface area contributed by atoms with E-state index in [0.717, 1.165) is 35.4 Å². The molecule has 2 aromatic rings. The number of benzene rings is 1. The van der Waals surface area contributed by atoms with Gasteiger partial charge in [-0.2, -0.15) is 5.10 Å². The molecule has 6 heteroatoms. The van der Waals surface area contributed by atoms with Crippen LogP contribution in [-0.4, -0.2) is 28.3 Å². The van der Waals surface area contributed by atoms with Gasteiger partial charge in [-0.3, -0.25) is 9.48 Å². The van der Waals surface area contributed by atoms with E-state index >= 15 is 0 Å². The summed E-state index contributed by atoms with van der Waals surface area (Å²) < 4.78 is 3.03. The van der Waals surface area contributed by atoms with E-state index in [9.17, 15) is 4.79 Å². The van der Waals surface area contributed by atoms with Crippen LogP contribution in [0.15, 0.2) is 34.8 Å². The van der Waals surface area contributed by atoms with Crippen molar-refractivity contribution in [3.8, 4) is 0 Å². The largest absolute Gasteiger partial charge is 0.326 e. The Bertz CT molecular complexity index is 666. The van der Waals surface area contributed by atoms with Crippen LogP contribution in [0.5, 0.6) is 0 Å². The normalized spacial score (nSPS) is 12.2. The molecular weight excluding hydrogens is 368 g/mol. The molecule has 2 N–H and O–H groups in total. The van der Waals surface area contributed by atoms with E-state index in [0.29, 0.717) is 6.42 Å². The van der Waals surface area contributed by atoms with Crippen LogP contribution >= 0.6 is 15.9 Å². The maximum absolute atomic E-state index is 12.0. The average Bonchev–Trinajstić information content (AvgIpc) is 2.84. The molecule has 0 aliphatic heterocycles. The standard InChI is InChI=1S/C18H25BrN4O/c1-13(12-18(24)21-17-7-5-16(19)6-8-17)20-9-4-10-23-15(3)11-14(2)22-23/h5-8,11,13,20H,4,9-10,12H2,1-3H3,(H,21,24). The molecule has 0 aliphatic rings. The third-order valence-electron chi connectivity index (χ3n) is 3.76. The van der Waals surface area contributed by atoms with Crippen molar-refractivity contribution in [1.82, 2.24) is 15.1 Å². The third kappa shape index (κ3) is 6.09. The number of nitrogens with zero attached hydrogens (tertiary/aromatic N) is 2. The van der Waals surface area contributed by atoms with Gasteiger partial charge in [-0.05, 0) is 64.1 Å². The monoisotopic (exact) mass is 392 g/mol. The second kappa shape index (κ2) is 8.99. The number of carbonyl (C=O) groups excluding carboxylic acids is 1. The third-order valence-corrected chi connectivity index (χ3v) is 4.29. The molecule has 5 nitrogen and oxygen atoms in total. The lowest BCUT2D eigenvalue weighted by Gasteiger charge is -2.14. The molecular formula is C18H25BrN4O. The fourth-order valence-corrected chi connectivity index (χ4v) is 2.84. The van der Waals surface area contributed by atoms with E-state index < -0.39 is 0 Å². The van der Waals surface area contributed by atoms with Crippen molar-refractivity contribution in [1.29, 1.82) is 0 Å². The highest BCUT2D eigenvalue weighted by atomic mass is 79.9. The van der Waals surface area contributed by atoms with Crippen LogP contribution in [0, 0.1) is 13.8 Å². The van der Waals surface area contributed by atoms with Gasteiger partial charge < -0.3 is 10.6 Å². The van der Waals surface area contributed by atoms with E-state index in [1.54, 1.807) is 0 Å². The number of amides is 1. The minimum Gasteiger partial charge on any atom is -0.326 e. The zero-order valence-corrected chi connectivity index (χ0v) is 16.1. The molecule has 1 aromatic heterocycles. The number of hydrogen-bond donors (Lipinski definition) is 2. The van der Waals surface area contributed by atoms with Gasteiger partial charge in [-0.1, -0.05) is 15.9 Å². The predicted molar refractivity (Wildman–Crippen MR) is 101 cm³/mol. The predicted octanol–water partition coefficient (Wildman–Crippen LogP) is 3.66. The van der Waals surface area contributed by atoms with Crippen LogP contribution in [-0.2, 0) is 11.3 Å². The molecule has 1 atom stereocenters. The van der Waals surface area contributed by atoms with Crippen molar-refractivity contribution in [2.45, 2.75) is 46.2 Å². The molecule has 1 aromatic carbocycles. The van der Waals surface area contributed by atoms with Crippen LogP contribution in [0.25, 0.3) is 0 Å². The molecule has 130 valence electrons. The van der Waals surface area contributed by atoms with Crippen molar-refractivity contribution < 1.29 is 4.79 Å². The van der Waals surface area contributed by atoms with E-state index in [1.807, 2.05) is 42.8 Å². The number of rotatable bonds is 8. The molecule has 24 heavy (non-hydrogen) atoms. The SMILES string of the molecule is Cc1cc(C)n(CCCNC(C)CC(=O)Nc2ccc(Br)cc2)n1. The summed E-state index contributed by atoms with van der Waals surface area (Å²) in [6.07, 6.45) is 1.44. The minimum atomic E-state index is 0.0240. The highest BCUT2D eigenvalue weighted by Gasteiger charge is 2.09. The van der Waals surface area contributed by atoms with Gasteiger partial charge in [0, 0.05) is 34.9 Å². The molecule has 0 bridgehead atoms. The lowest BCUT2D eigenvalue weighted by Crippen LogP contribution is -2.31. The summed E-state index contributed by atoms with van der Waals surface area (Å²) in [7, 11) is 0. The summed E-state index contributed by atoms with van der Waals surface area (Å²) in [4.78, 5) is 12.0. The van der Waals surface area contributed by atoms with Gasteiger partial charge >= 0.3 is 0 Å². The van der Waals surface area contributed by atoms with Crippen molar-refractivity contribution in [3.05, 3.63) is 46.2 Å². The fraction of sp³-hybridized carbons (Fsp3) is 0.444. The molecule has 0 saturated heterocycles. The van der Waals surface area contributed by atoms with Crippen LogP contribution in [0.1, 0.15) is 31.2 Å². The zero-order valence-electron chi connectivity index (χ0n) is 14.5. The van der Waals surface area contributed by atoms with Gasteiger partial charge in [-0.15, -0.1) is 0 Å². The van der Waals surface area contributed by atoms with Crippen LogP contribution in [0.3, 0.4) is 0 Å². The van der Waals surface area contributed by atoms with E-state index in [2.05, 4.69) is 44.7 Å². The fourth-order valence-electron chi connectivity index (χ4n) is 2.57. The van der Waals surface area contributed by atoms with Crippen LogP contribution in [0.4, 0.5) is 5.69 Å². The van der Waals surface area contributed by atoms with Crippen LogP contribution in [0.2, 0.25) is 0 Å². The number of aromatic nitrogens is 2. The van der Waals surface area contributed by atoms with Crippen LogP contribution < -0.4 is 10.6 Å². The van der Waals surface area contributed by atoms with Crippen molar-refractivity contribution >= 4 is 27.5 Å². The topological polar surface area (TPSA) is 59.0 Å². The average molecular weight is 393 g/mol. The smallest absolute Gasteiger partial charge is 0.225 e. The zero-order chi connectivity index (χ0) is 17.5. The van der Waals surface area contributed by atoms with E-state index in [-0.39, 0.29) is 11.9 Å². The van der Waals surface area contributed by atoms with Gasteiger partial charge in [-0.25, -0.2) is 0 Å². The Morgan fingerprint density at radius 3 is 2.62 bits per heavy atom. The lowest BCUT2D eigenvalue weighted by atomic mass is 10.2. The maximum atomic E-state index is 12.0. The Kier molecular flexibility index (Phi) is 6.99. The van der Waals surface area contributed by atoms with Crippen molar-refractivity contribution in [2.75, 3.05) is 11.9 Å². The molecule has 0 saturated carbocycles. The van der Waals surface area contributed by atoms with E-state index in [4.69, 9.17) is 0 Å². The first-order chi connectivity index (χ1) is 11.4. The first kappa shape index (κ1) is 18.7. The molecule has 1 amide bonds. The molecule has 0 fully saturated rings. The van der Waals surface area contributed by atoms with Gasteiger partial charge in [0.25, 0.3) is 0 Å². The lowest BCUT2D eigenvalue weighted by molar-refractivity contribution is -0.116. The number of aryl methyl sites for hydroxylation is 3. The molecule has 0 aliphatic carbocycles. The summed E-state index contributed by atoms with van der Waals surface area (Å²) in [6, 6.07) is 9.82. The molecule has 0 spiro atoms. The van der Waals surface area contributed by atoms with Gasteiger partial charge in [0.2, 0.25) is 5.91 Å². The first-order valence-corrected chi connectivity index (χ1v) is 9.03.